The summed E-state index contributed by atoms with van der Waals surface area (Å²) in [6.45, 7) is 0. The van der Waals surface area contributed by atoms with E-state index in [4.69, 9.17) is 10.8 Å². The van der Waals surface area contributed by atoms with Gasteiger partial charge in [0.1, 0.15) is 5.82 Å². The molecule has 0 spiro atoms. The van der Waals surface area contributed by atoms with Crippen LogP contribution in [-0.2, 0) is 14.3 Å². The van der Waals surface area contributed by atoms with Crippen LogP contribution in [0.2, 0.25) is 0 Å². The highest BCUT2D eigenvalue weighted by molar-refractivity contribution is 6.03. The van der Waals surface area contributed by atoms with E-state index in [0.717, 1.165) is 25.3 Å². The van der Waals surface area contributed by atoms with Crippen LogP contribution in [0.5, 0.6) is 0 Å². The highest BCUT2D eigenvalue weighted by Crippen LogP contribution is 2.18. The minimum Gasteiger partial charge on any atom is -0.481 e. The van der Waals surface area contributed by atoms with E-state index >= 15 is 0 Å². The molecule has 0 fully saturated rings. The summed E-state index contributed by atoms with van der Waals surface area (Å²) in [5.41, 5.74) is 5.17. The Bertz CT molecular complexity index is 547. The van der Waals surface area contributed by atoms with E-state index in [2.05, 4.69) is 10.1 Å². The Morgan fingerprint density at radius 1 is 1.45 bits per heavy atom. The maximum Gasteiger partial charge on any atom is 0.340 e. The Hall–Kier alpha value is -2.48. The number of hydrogen-bond donors (Lipinski definition) is 3. The lowest BCUT2D eigenvalue weighted by Gasteiger charge is -2.13. The molecule has 0 aliphatic carbocycles. The van der Waals surface area contributed by atoms with Crippen molar-refractivity contribution in [1.82, 2.24) is 0 Å². The molecule has 0 bridgehead atoms. The molecule has 1 aromatic rings. The van der Waals surface area contributed by atoms with Crippen molar-refractivity contribution in [2.45, 2.75) is 12.5 Å². The molecule has 0 aromatic heterocycles. The first-order valence-corrected chi connectivity index (χ1v) is 5.51. The largest absolute Gasteiger partial charge is 0.481 e. The molecule has 1 unspecified atom stereocenters. The maximum atomic E-state index is 13.1. The molecular formula is C12H13FN2O5. The number of anilines is 1. The molecule has 1 aromatic carbocycles. The molecule has 4 N–H and O–H groups in total. The van der Waals surface area contributed by atoms with Crippen molar-refractivity contribution in [3.05, 3.63) is 29.6 Å². The fraction of sp³-hybridized carbons (Fsp3) is 0.250. The SMILES string of the molecule is COC(=O)c1cc(F)ccc1NC(=O)C(N)CC(=O)O. The maximum absolute atomic E-state index is 13.1. The average Bonchev–Trinajstić information content (AvgIpc) is 2.38. The molecule has 8 heteroatoms. The van der Waals surface area contributed by atoms with Crippen molar-refractivity contribution < 1.29 is 28.6 Å². The Kier molecular flexibility index (Phi) is 5.15. The van der Waals surface area contributed by atoms with Gasteiger partial charge >= 0.3 is 11.9 Å². The first-order valence-electron chi connectivity index (χ1n) is 5.51. The molecule has 1 rings (SSSR count). The standard InChI is InChI=1S/C12H13FN2O5/c1-20-12(19)7-4-6(13)2-3-9(7)15-11(18)8(14)5-10(16)17/h2-4,8H,5,14H2,1H3,(H,15,18)(H,16,17). The number of carboxylic acids is 1. The van der Waals surface area contributed by atoms with Gasteiger partial charge in [-0.05, 0) is 18.2 Å². The van der Waals surface area contributed by atoms with Gasteiger partial charge in [0.15, 0.2) is 0 Å². The summed E-state index contributed by atoms with van der Waals surface area (Å²) in [6, 6.07) is 1.80. The van der Waals surface area contributed by atoms with Crippen LogP contribution in [0, 0.1) is 5.82 Å². The number of carboxylic acid groups (broad SMARTS) is 1. The van der Waals surface area contributed by atoms with E-state index in [1.165, 1.54) is 0 Å². The summed E-state index contributed by atoms with van der Waals surface area (Å²) in [5.74, 6) is -3.56. The zero-order valence-corrected chi connectivity index (χ0v) is 10.6. The monoisotopic (exact) mass is 284 g/mol. The number of nitrogens with two attached hydrogens (primary N) is 1. The van der Waals surface area contributed by atoms with E-state index < -0.39 is 36.1 Å². The number of rotatable bonds is 5. The number of hydrogen-bond acceptors (Lipinski definition) is 5. The zero-order chi connectivity index (χ0) is 15.3. The number of carbonyl (C=O) groups is 3. The molecule has 0 aliphatic heterocycles. The van der Waals surface area contributed by atoms with Crippen LogP contribution in [0.1, 0.15) is 16.8 Å². The number of ether oxygens (including phenoxy) is 1. The van der Waals surface area contributed by atoms with Crippen LogP contribution in [0.25, 0.3) is 0 Å². The first-order chi connectivity index (χ1) is 9.35. The van der Waals surface area contributed by atoms with Gasteiger partial charge in [0.2, 0.25) is 5.91 Å². The Morgan fingerprint density at radius 3 is 2.65 bits per heavy atom. The summed E-state index contributed by atoms with van der Waals surface area (Å²) in [7, 11) is 1.11. The summed E-state index contributed by atoms with van der Waals surface area (Å²) in [4.78, 5) is 33.5. The van der Waals surface area contributed by atoms with Gasteiger partial charge in [-0.15, -0.1) is 0 Å². The lowest BCUT2D eigenvalue weighted by Crippen LogP contribution is -2.37. The second-order valence-corrected chi connectivity index (χ2v) is 3.88. The van der Waals surface area contributed by atoms with Crippen LogP contribution in [0.15, 0.2) is 18.2 Å². The third-order valence-corrected chi connectivity index (χ3v) is 2.38. The fourth-order valence-electron chi connectivity index (χ4n) is 1.41. The van der Waals surface area contributed by atoms with E-state index in [1.807, 2.05) is 0 Å². The molecule has 7 nitrogen and oxygen atoms in total. The number of methoxy groups -OCH3 is 1. The summed E-state index contributed by atoms with van der Waals surface area (Å²) < 4.78 is 17.5. The molecule has 108 valence electrons. The number of amides is 1. The van der Waals surface area contributed by atoms with Crippen molar-refractivity contribution >= 4 is 23.5 Å². The third kappa shape index (κ3) is 4.02. The van der Waals surface area contributed by atoms with Gasteiger partial charge in [-0.25, -0.2) is 9.18 Å². The zero-order valence-electron chi connectivity index (χ0n) is 10.6. The van der Waals surface area contributed by atoms with Crippen LogP contribution < -0.4 is 11.1 Å². The molecular weight excluding hydrogens is 271 g/mol. The molecule has 0 aliphatic rings. The van der Waals surface area contributed by atoms with Gasteiger partial charge in [0.05, 0.1) is 30.8 Å². The highest BCUT2D eigenvalue weighted by Gasteiger charge is 2.20. The molecule has 0 saturated carbocycles. The van der Waals surface area contributed by atoms with Gasteiger partial charge in [-0.1, -0.05) is 0 Å². The minimum absolute atomic E-state index is 0.0101. The fourth-order valence-corrected chi connectivity index (χ4v) is 1.41. The first kappa shape index (κ1) is 15.6. The van der Waals surface area contributed by atoms with Crippen molar-refractivity contribution in [1.29, 1.82) is 0 Å². The molecule has 0 radical (unpaired) electrons. The van der Waals surface area contributed by atoms with Crippen molar-refractivity contribution in [2.75, 3.05) is 12.4 Å². The second kappa shape index (κ2) is 6.62. The normalized spacial score (nSPS) is 11.6. The van der Waals surface area contributed by atoms with Gasteiger partial charge in [0.25, 0.3) is 0 Å². The van der Waals surface area contributed by atoms with Gasteiger partial charge in [-0.3, -0.25) is 9.59 Å². The predicted octanol–water partition coefficient (Wildman–Crippen LogP) is 0.353. The Labute approximate surface area is 113 Å². The third-order valence-electron chi connectivity index (χ3n) is 2.38. The van der Waals surface area contributed by atoms with Crippen LogP contribution in [-0.4, -0.2) is 36.1 Å². The number of esters is 1. The molecule has 0 heterocycles. The Morgan fingerprint density at radius 2 is 2.10 bits per heavy atom. The van der Waals surface area contributed by atoms with Crippen molar-refractivity contribution in [2.24, 2.45) is 5.73 Å². The highest BCUT2D eigenvalue weighted by atomic mass is 19.1. The quantitative estimate of drug-likeness (QED) is 0.671. The summed E-state index contributed by atoms with van der Waals surface area (Å²) in [5, 5.41) is 10.8. The predicted molar refractivity (Wildman–Crippen MR) is 66.6 cm³/mol. The van der Waals surface area contributed by atoms with Crippen molar-refractivity contribution in [3.63, 3.8) is 0 Å². The van der Waals surface area contributed by atoms with Crippen LogP contribution in [0.4, 0.5) is 10.1 Å². The van der Waals surface area contributed by atoms with E-state index in [9.17, 15) is 18.8 Å². The topological polar surface area (TPSA) is 119 Å². The molecule has 0 saturated heterocycles. The smallest absolute Gasteiger partial charge is 0.340 e. The van der Waals surface area contributed by atoms with E-state index in [-0.39, 0.29) is 11.3 Å². The lowest BCUT2D eigenvalue weighted by molar-refractivity contribution is -0.138. The van der Waals surface area contributed by atoms with Gasteiger partial charge < -0.3 is 20.9 Å². The van der Waals surface area contributed by atoms with Crippen molar-refractivity contribution in [3.8, 4) is 0 Å². The Balaban J connectivity index is 2.94. The molecule has 1 atom stereocenters. The molecule has 1 amide bonds. The van der Waals surface area contributed by atoms with E-state index in [0.29, 0.717) is 0 Å². The average molecular weight is 284 g/mol. The van der Waals surface area contributed by atoms with Gasteiger partial charge in [0, 0.05) is 0 Å². The number of halogens is 1. The lowest BCUT2D eigenvalue weighted by atomic mass is 10.1. The van der Waals surface area contributed by atoms with Gasteiger partial charge in [-0.2, -0.15) is 0 Å². The summed E-state index contributed by atoms with van der Waals surface area (Å²) >= 11 is 0. The number of benzene rings is 1. The van der Waals surface area contributed by atoms with E-state index in [1.54, 1.807) is 0 Å². The minimum atomic E-state index is -1.29. The molecule has 20 heavy (non-hydrogen) atoms. The number of aliphatic carboxylic acids is 1. The number of nitrogens with one attached hydrogen (secondary N) is 1. The van der Waals surface area contributed by atoms with Crippen LogP contribution in [0.3, 0.4) is 0 Å². The summed E-state index contributed by atoms with van der Waals surface area (Å²) in [6.07, 6.45) is -0.569. The van der Waals surface area contributed by atoms with Crippen LogP contribution >= 0.6 is 0 Å². The number of carbonyl (C=O) groups excluding carboxylic acids is 2. The second-order valence-electron chi connectivity index (χ2n) is 3.88.